The molecule has 22 heavy (non-hydrogen) atoms. The van der Waals surface area contributed by atoms with Crippen molar-refractivity contribution < 1.29 is 9.53 Å². The van der Waals surface area contributed by atoms with Crippen molar-refractivity contribution in [2.75, 3.05) is 6.61 Å². The fourth-order valence-electron chi connectivity index (χ4n) is 3.47. The fourth-order valence-corrected chi connectivity index (χ4v) is 3.47. The highest BCUT2D eigenvalue weighted by Gasteiger charge is 2.17. The molecule has 4 heteroatoms. The maximum atomic E-state index is 12.1. The van der Waals surface area contributed by atoms with Gasteiger partial charge in [-0.15, -0.1) is 0 Å². The van der Waals surface area contributed by atoms with Crippen molar-refractivity contribution in [1.29, 1.82) is 0 Å². The van der Waals surface area contributed by atoms with E-state index in [0.29, 0.717) is 6.04 Å². The van der Waals surface area contributed by atoms with Crippen LogP contribution in [0.4, 0.5) is 4.79 Å². The van der Waals surface area contributed by atoms with E-state index in [1.165, 1.54) is 30.4 Å². The molecule has 1 heterocycles. The lowest BCUT2D eigenvalue weighted by Crippen LogP contribution is -2.46. The SMILES string of the molecule is CC(Cc1ccc2c(c1)CCO2)NC(=O)NC1CCCCC1. The first-order valence-electron chi connectivity index (χ1n) is 8.52. The first kappa shape index (κ1) is 15.2. The van der Waals surface area contributed by atoms with Crippen LogP contribution in [0.3, 0.4) is 0 Å². The van der Waals surface area contributed by atoms with Gasteiger partial charge in [0.1, 0.15) is 5.75 Å². The highest BCUT2D eigenvalue weighted by Crippen LogP contribution is 2.26. The standard InChI is InChI=1S/C18H26N2O2/c1-13(19-18(21)20-16-5-3-2-4-6-16)11-14-7-8-17-15(12-14)9-10-22-17/h7-8,12-13,16H,2-6,9-11H2,1H3,(H2,19,20,21). The Morgan fingerprint density at radius 3 is 2.95 bits per heavy atom. The van der Waals surface area contributed by atoms with Gasteiger partial charge < -0.3 is 15.4 Å². The van der Waals surface area contributed by atoms with Crippen LogP contribution in [0.15, 0.2) is 18.2 Å². The highest BCUT2D eigenvalue weighted by atomic mass is 16.5. The van der Waals surface area contributed by atoms with Crippen molar-refractivity contribution >= 4 is 6.03 Å². The molecule has 2 amide bonds. The number of carbonyl (C=O) groups excluding carboxylic acids is 1. The molecule has 1 fully saturated rings. The van der Waals surface area contributed by atoms with Gasteiger partial charge in [0.2, 0.25) is 0 Å². The summed E-state index contributed by atoms with van der Waals surface area (Å²) in [5, 5.41) is 6.17. The molecule has 1 aromatic carbocycles. The molecule has 1 unspecified atom stereocenters. The lowest BCUT2D eigenvalue weighted by molar-refractivity contribution is 0.229. The van der Waals surface area contributed by atoms with Gasteiger partial charge in [0.05, 0.1) is 6.61 Å². The lowest BCUT2D eigenvalue weighted by Gasteiger charge is -2.24. The monoisotopic (exact) mass is 302 g/mol. The van der Waals surface area contributed by atoms with E-state index < -0.39 is 0 Å². The predicted molar refractivity (Wildman–Crippen MR) is 87.3 cm³/mol. The van der Waals surface area contributed by atoms with Crippen molar-refractivity contribution in [2.24, 2.45) is 0 Å². The summed E-state index contributed by atoms with van der Waals surface area (Å²) in [6.07, 6.45) is 7.85. The minimum atomic E-state index is -0.0242. The normalized spacial score (nSPS) is 19.1. The van der Waals surface area contributed by atoms with E-state index in [4.69, 9.17) is 4.74 Å². The van der Waals surface area contributed by atoms with Crippen LogP contribution < -0.4 is 15.4 Å². The molecular weight excluding hydrogens is 276 g/mol. The molecule has 3 rings (SSSR count). The van der Waals surface area contributed by atoms with Crippen LogP contribution in [0.1, 0.15) is 50.2 Å². The van der Waals surface area contributed by atoms with E-state index in [-0.39, 0.29) is 12.1 Å². The van der Waals surface area contributed by atoms with E-state index in [2.05, 4.69) is 29.7 Å². The number of fused-ring (bicyclic) bond motifs is 1. The first-order chi connectivity index (χ1) is 10.7. The molecule has 0 radical (unpaired) electrons. The number of rotatable bonds is 4. The maximum Gasteiger partial charge on any atom is 0.315 e. The van der Waals surface area contributed by atoms with Gasteiger partial charge >= 0.3 is 6.03 Å². The van der Waals surface area contributed by atoms with E-state index in [1.807, 2.05) is 6.07 Å². The quantitative estimate of drug-likeness (QED) is 0.897. The van der Waals surface area contributed by atoms with Gasteiger partial charge in [-0.05, 0) is 43.4 Å². The molecule has 1 atom stereocenters. The second kappa shape index (κ2) is 7.03. The van der Waals surface area contributed by atoms with Crippen molar-refractivity contribution in [3.63, 3.8) is 0 Å². The lowest BCUT2D eigenvalue weighted by atomic mass is 9.96. The molecular formula is C18H26N2O2. The third-order valence-corrected chi connectivity index (χ3v) is 4.61. The first-order valence-corrected chi connectivity index (χ1v) is 8.52. The van der Waals surface area contributed by atoms with Crippen LogP contribution in [0, 0.1) is 0 Å². The third-order valence-electron chi connectivity index (χ3n) is 4.61. The van der Waals surface area contributed by atoms with Gasteiger partial charge in [0.25, 0.3) is 0 Å². The number of urea groups is 1. The summed E-state index contributed by atoms with van der Waals surface area (Å²) in [7, 11) is 0. The molecule has 0 saturated heterocycles. The maximum absolute atomic E-state index is 12.1. The van der Waals surface area contributed by atoms with Gasteiger partial charge in [-0.25, -0.2) is 4.79 Å². The zero-order valence-electron chi connectivity index (χ0n) is 13.4. The van der Waals surface area contributed by atoms with Crippen LogP contribution in [0.2, 0.25) is 0 Å². The van der Waals surface area contributed by atoms with Crippen molar-refractivity contribution in [3.05, 3.63) is 29.3 Å². The molecule has 120 valence electrons. The van der Waals surface area contributed by atoms with E-state index in [0.717, 1.165) is 38.0 Å². The summed E-state index contributed by atoms with van der Waals surface area (Å²) in [6, 6.07) is 6.82. The summed E-state index contributed by atoms with van der Waals surface area (Å²) in [4.78, 5) is 12.1. The number of carbonyl (C=O) groups is 1. The second-order valence-corrected chi connectivity index (χ2v) is 6.60. The van der Waals surface area contributed by atoms with E-state index in [1.54, 1.807) is 0 Å². The number of benzene rings is 1. The smallest absolute Gasteiger partial charge is 0.315 e. The topological polar surface area (TPSA) is 50.4 Å². The van der Waals surface area contributed by atoms with Crippen LogP contribution in [-0.2, 0) is 12.8 Å². The molecule has 1 aliphatic carbocycles. The Bertz CT molecular complexity index is 524. The summed E-state index contributed by atoms with van der Waals surface area (Å²) < 4.78 is 5.53. The van der Waals surface area contributed by atoms with Crippen LogP contribution in [0.25, 0.3) is 0 Å². The third kappa shape index (κ3) is 3.93. The highest BCUT2D eigenvalue weighted by molar-refractivity contribution is 5.74. The number of amides is 2. The molecule has 2 N–H and O–H groups in total. The number of ether oxygens (including phenoxy) is 1. The summed E-state index contributed by atoms with van der Waals surface area (Å²) in [5.41, 5.74) is 2.55. The van der Waals surface area contributed by atoms with Crippen molar-refractivity contribution in [1.82, 2.24) is 10.6 Å². The van der Waals surface area contributed by atoms with E-state index >= 15 is 0 Å². The number of hydrogen-bond acceptors (Lipinski definition) is 2. The zero-order valence-corrected chi connectivity index (χ0v) is 13.4. The Morgan fingerprint density at radius 2 is 2.14 bits per heavy atom. The average Bonchev–Trinajstić information content (AvgIpc) is 2.95. The zero-order chi connectivity index (χ0) is 15.4. The molecule has 2 aliphatic rings. The predicted octanol–water partition coefficient (Wildman–Crippen LogP) is 3.18. The Morgan fingerprint density at radius 1 is 1.32 bits per heavy atom. The molecule has 0 aromatic heterocycles. The Labute approximate surface area is 132 Å². The minimum absolute atomic E-state index is 0.0242. The van der Waals surface area contributed by atoms with Gasteiger partial charge in [-0.3, -0.25) is 0 Å². The summed E-state index contributed by atoms with van der Waals surface area (Å²) in [5.74, 6) is 1.01. The molecule has 1 aromatic rings. The molecule has 0 bridgehead atoms. The van der Waals surface area contributed by atoms with Crippen LogP contribution >= 0.6 is 0 Å². The molecule has 1 saturated carbocycles. The van der Waals surface area contributed by atoms with Crippen LogP contribution in [-0.4, -0.2) is 24.7 Å². The average molecular weight is 302 g/mol. The van der Waals surface area contributed by atoms with Crippen molar-refractivity contribution in [2.45, 2.75) is 64.0 Å². The fraction of sp³-hybridized carbons (Fsp3) is 0.611. The summed E-state index contributed by atoms with van der Waals surface area (Å²) in [6.45, 7) is 2.85. The number of hydrogen-bond donors (Lipinski definition) is 2. The Hall–Kier alpha value is -1.71. The Kier molecular flexibility index (Phi) is 4.86. The molecule has 1 aliphatic heterocycles. The van der Waals surface area contributed by atoms with Gasteiger partial charge in [-0.2, -0.15) is 0 Å². The van der Waals surface area contributed by atoms with E-state index in [9.17, 15) is 4.79 Å². The molecule has 4 nitrogen and oxygen atoms in total. The second-order valence-electron chi connectivity index (χ2n) is 6.60. The van der Waals surface area contributed by atoms with Gasteiger partial charge in [0, 0.05) is 18.5 Å². The van der Waals surface area contributed by atoms with Gasteiger partial charge in [-0.1, -0.05) is 31.4 Å². The van der Waals surface area contributed by atoms with Crippen molar-refractivity contribution in [3.8, 4) is 5.75 Å². The van der Waals surface area contributed by atoms with Crippen LogP contribution in [0.5, 0.6) is 5.75 Å². The molecule has 0 spiro atoms. The number of nitrogens with one attached hydrogen (secondary N) is 2. The Balaban J connectivity index is 1.47. The minimum Gasteiger partial charge on any atom is -0.493 e. The summed E-state index contributed by atoms with van der Waals surface area (Å²) >= 11 is 0. The largest absolute Gasteiger partial charge is 0.493 e. The van der Waals surface area contributed by atoms with Gasteiger partial charge in [0.15, 0.2) is 0 Å².